The van der Waals surface area contributed by atoms with Crippen molar-refractivity contribution in [3.05, 3.63) is 86.8 Å². The number of ketones is 1. The number of nitrogens with one attached hydrogen (secondary N) is 2. The number of benzene rings is 2. The second kappa shape index (κ2) is 11.3. The van der Waals surface area contributed by atoms with Crippen molar-refractivity contribution in [1.29, 1.82) is 5.41 Å². The third-order valence-electron chi connectivity index (χ3n) is 6.19. The molecular weight excluding hydrogens is 516 g/mol. The summed E-state index contributed by atoms with van der Waals surface area (Å²) in [4.78, 5) is 34.2. The second-order valence-corrected chi connectivity index (χ2v) is 9.87. The van der Waals surface area contributed by atoms with Gasteiger partial charge in [0.2, 0.25) is 0 Å². The lowest BCUT2D eigenvalue weighted by Crippen LogP contribution is -2.27. The number of amides is 1. The summed E-state index contributed by atoms with van der Waals surface area (Å²) in [5.74, 6) is -1.19. The number of anilines is 2. The molecule has 0 saturated carbocycles. The highest BCUT2D eigenvalue weighted by Gasteiger charge is 2.24. The molecule has 3 aromatic rings. The first-order valence-electron chi connectivity index (χ1n) is 11.7. The standard InChI is InChI=1S/C27H26Cl2FN5O2/c1-34(2)23-13-18(29)12-21(27(37)33-25-8-6-17(28)15-32-25)20(23)14-24(36)19-7-5-16(11-22(19)30)26(31)35-9-3-4-10-35/h5-8,11-13,15,31H,3-4,9-10,14H2,1-2H3,(H,32,33,37). The van der Waals surface area contributed by atoms with Crippen molar-refractivity contribution in [2.45, 2.75) is 19.3 Å². The fourth-order valence-corrected chi connectivity index (χ4v) is 4.64. The zero-order valence-corrected chi connectivity index (χ0v) is 22.0. The van der Waals surface area contributed by atoms with E-state index in [1.807, 2.05) is 4.90 Å². The van der Waals surface area contributed by atoms with Gasteiger partial charge in [0, 0.05) is 61.6 Å². The Bertz CT molecular complexity index is 1360. The highest BCUT2D eigenvalue weighted by atomic mass is 35.5. The molecule has 2 heterocycles. The summed E-state index contributed by atoms with van der Waals surface area (Å²) in [6.07, 6.45) is 3.17. The molecule has 1 aliphatic heterocycles. The summed E-state index contributed by atoms with van der Waals surface area (Å²) >= 11 is 12.2. The Kier molecular flexibility index (Phi) is 8.10. The molecule has 2 aromatic carbocycles. The van der Waals surface area contributed by atoms with Gasteiger partial charge in [-0.05, 0) is 54.8 Å². The maximum Gasteiger partial charge on any atom is 0.257 e. The third-order valence-corrected chi connectivity index (χ3v) is 6.63. The van der Waals surface area contributed by atoms with Gasteiger partial charge in [0.25, 0.3) is 5.91 Å². The van der Waals surface area contributed by atoms with Gasteiger partial charge in [-0.3, -0.25) is 15.0 Å². The first-order chi connectivity index (χ1) is 17.6. The van der Waals surface area contributed by atoms with E-state index in [-0.39, 0.29) is 29.2 Å². The zero-order chi connectivity index (χ0) is 26.7. The van der Waals surface area contributed by atoms with Crippen molar-refractivity contribution < 1.29 is 14.0 Å². The van der Waals surface area contributed by atoms with Gasteiger partial charge in [-0.2, -0.15) is 0 Å². The van der Waals surface area contributed by atoms with Gasteiger partial charge < -0.3 is 15.1 Å². The number of amidine groups is 1. The fraction of sp³-hybridized carbons (Fsp3) is 0.259. The van der Waals surface area contributed by atoms with E-state index in [2.05, 4.69) is 10.3 Å². The minimum atomic E-state index is -0.705. The number of hydrogen-bond acceptors (Lipinski definition) is 5. The van der Waals surface area contributed by atoms with E-state index in [4.69, 9.17) is 28.6 Å². The van der Waals surface area contributed by atoms with Crippen LogP contribution in [0.2, 0.25) is 10.0 Å². The van der Waals surface area contributed by atoms with Crippen LogP contribution in [-0.4, -0.2) is 54.6 Å². The van der Waals surface area contributed by atoms with Crippen molar-refractivity contribution in [2.75, 3.05) is 37.4 Å². The Morgan fingerprint density at radius 1 is 1.05 bits per heavy atom. The summed E-state index contributed by atoms with van der Waals surface area (Å²) in [6.45, 7) is 1.53. The van der Waals surface area contributed by atoms with E-state index in [1.165, 1.54) is 24.4 Å². The number of pyridine rings is 1. The lowest BCUT2D eigenvalue weighted by molar-refractivity contribution is 0.0989. The van der Waals surface area contributed by atoms with Crippen molar-refractivity contribution in [2.24, 2.45) is 0 Å². The summed E-state index contributed by atoms with van der Waals surface area (Å²) in [5, 5.41) is 11.8. The van der Waals surface area contributed by atoms with Crippen molar-refractivity contribution >= 4 is 52.2 Å². The first kappa shape index (κ1) is 26.6. The number of carbonyl (C=O) groups excluding carboxylic acids is 2. The summed E-state index contributed by atoms with van der Waals surface area (Å²) < 4.78 is 15.1. The first-order valence-corrected chi connectivity index (χ1v) is 12.5. The minimum absolute atomic E-state index is 0.108. The minimum Gasteiger partial charge on any atom is -0.377 e. The van der Waals surface area contributed by atoms with E-state index in [0.29, 0.717) is 26.9 Å². The lowest BCUT2D eigenvalue weighted by atomic mass is 9.95. The largest absolute Gasteiger partial charge is 0.377 e. The van der Waals surface area contributed by atoms with Crippen LogP contribution in [0.15, 0.2) is 48.7 Å². The van der Waals surface area contributed by atoms with Crippen LogP contribution in [0.3, 0.4) is 0 Å². The number of halogens is 3. The molecule has 0 unspecified atom stereocenters. The third kappa shape index (κ3) is 6.09. The van der Waals surface area contributed by atoms with Crippen LogP contribution in [-0.2, 0) is 6.42 Å². The zero-order valence-electron chi connectivity index (χ0n) is 20.4. The molecule has 2 N–H and O–H groups in total. The van der Waals surface area contributed by atoms with Gasteiger partial charge in [0.1, 0.15) is 17.5 Å². The Morgan fingerprint density at radius 2 is 1.78 bits per heavy atom. The van der Waals surface area contributed by atoms with E-state index in [9.17, 15) is 9.59 Å². The SMILES string of the molecule is CN(C)c1cc(Cl)cc(C(=O)Nc2ccc(Cl)cn2)c1CC(=O)c1ccc(C(=N)N2CCCC2)cc1F. The van der Waals surface area contributed by atoms with Crippen LogP contribution >= 0.6 is 23.2 Å². The highest BCUT2D eigenvalue weighted by molar-refractivity contribution is 6.31. The molecule has 7 nitrogen and oxygen atoms in total. The Labute approximate surface area is 224 Å². The van der Waals surface area contributed by atoms with Crippen LogP contribution in [0.1, 0.15) is 44.7 Å². The quantitative estimate of drug-likeness (QED) is 0.228. The van der Waals surface area contributed by atoms with Crippen LogP contribution < -0.4 is 10.2 Å². The molecule has 1 aliphatic rings. The second-order valence-electron chi connectivity index (χ2n) is 9.00. The highest BCUT2D eigenvalue weighted by Crippen LogP contribution is 2.30. The van der Waals surface area contributed by atoms with Crippen LogP contribution in [0.4, 0.5) is 15.9 Å². The van der Waals surface area contributed by atoms with Crippen LogP contribution in [0, 0.1) is 11.2 Å². The molecule has 0 radical (unpaired) electrons. The summed E-state index contributed by atoms with van der Waals surface area (Å²) in [5.41, 5.74) is 1.45. The number of aromatic nitrogens is 1. The van der Waals surface area contributed by atoms with Crippen molar-refractivity contribution in [1.82, 2.24) is 9.88 Å². The molecule has 1 amide bonds. The monoisotopic (exact) mass is 541 g/mol. The van der Waals surface area contributed by atoms with Crippen LogP contribution in [0.25, 0.3) is 0 Å². The molecule has 37 heavy (non-hydrogen) atoms. The fourth-order valence-electron chi connectivity index (χ4n) is 4.31. The number of carbonyl (C=O) groups is 2. The maximum absolute atomic E-state index is 15.1. The molecular formula is C27H26Cl2FN5O2. The summed E-state index contributed by atoms with van der Waals surface area (Å²) in [6, 6.07) is 10.5. The molecule has 1 aromatic heterocycles. The van der Waals surface area contributed by atoms with Gasteiger partial charge in [0.05, 0.1) is 10.6 Å². The molecule has 4 rings (SSSR count). The van der Waals surface area contributed by atoms with Crippen LogP contribution in [0.5, 0.6) is 0 Å². The van der Waals surface area contributed by atoms with Crippen molar-refractivity contribution in [3.63, 3.8) is 0 Å². The Balaban J connectivity index is 1.64. The Hall–Kier alpha value is -3.49. The normalized spacial score (nSPS) is 12.9. The molecule has 1 saturated heterocycles. The van der Waals surface area contributed by atoms with Gasteiger partial charge >= 0.3 is 0 Å². The molecule has 1 fully saturated rings. The van der Waals surface area contributed by atoms with E-state index < -0.39 is 17.5 Å². The van der Waals surface area contributed by atoms with Gasteiger partial charge in [-0.25, -0.2) is 9.37 Å². The van der Waals surface area contributed by atoms with E-state index in [0.717, 1.165) is 25.9 Å². The number of Topliss-reactive ketones (excluding diaryl/α,β-unsaturated/α-hetero) is 1. The molecule has 10 heteroatoms. The van der Waals surface area contributed by atoms with Gasteiger partial charge in [0.15, 0.2) is 5.78 Å². The number of rotatable bonds is 7. The molecule has 0 bridgehead atoms. The molecule has 0 spiro atoms. The van der Waals surface area contributed by atoms with E-state index in [1.54, 1.807) is 43.3 Å². The summed E-state index contributed by atoms with van der Waals surface area (Å²) in [7, 11) is 3.53. The van der Waals surface area contributed by atoms with Gasteiger partial charge in [-0.15, -0.1) is 0 Å². The molecule has 0 atom stereocenters. The number of nitrogens with zero attached hydrogens (tertiary/aromatic N) is 3. The van der Waals surface area contributed by atoms with Gasteiger partial charge in [-0.1, -0.05) is 29.3 Å². The molecule has 0 aliphatic carbocycles. The smallest absolute Gasteiger partial charge is 0.257 e. The average molecular weight is 542 g/mol. The average Bonchev–Trinajstić information content (AvgIpc) is 3.40. The van der Waals surface area contributed by atoms with E-state index >= 15 is 4.39 Å². The Morgan fingerprint density at radius 3 is 2.41 bits per heavy atom. The maximum atomic E-state index is 15.1. The number of hydrogen-bond donors (Lipinski definition) is 2. The predicted molar refractivity (Wildman–Crippen MR) is 145 cm³/mol. The molecule has 192 valence electrons. The topological polar surface area (TPSA) is 89.4 Å². The van der Waals surface area contributed by atoms with Crippen molar-refractivity contribution in [3.8, 4) is 0 Å². The number of likely N-dealkylation sites (tertiary alicyclic amines) is 1. The lowest BCUT2D eigenvalue weighted by Gasteiger charge is -2.21. The predicted octanol–water partition coefficient (Wildman–Crippen LogP) is 5.69.